The van der Waals surface area contributed by atoms with Crippen molar-refractivity contribution in [1.29, 1.82) is 0 Å². The van der Waals surface area contributed by atoms with Crippen LogP contribution in [0.1, 0.15) is 13.3 Å². The third kappa shape index (κ3) is 6.76. The summed E-state index contributed by atoms with van der Waals surface area (Å²) in [5.41, 5.74) is 0. The molecule has 0 heterocycles. The van der Waals surface area contributed by atoms with Gasteiger partial charge in [-0.25, -0.2) is 17.6 Å². The summed E-state index contributed by atoms with van der Waals surface area (Å²) < 4.78 is 77.1. The van der Waals surface area contributed by atoms with Crippen LogP contribution in [-0.4, -0.2) is 49.6 Å². The number of allylic oxidation sites excluding steroid dienone is 1. The van der Waals surface area contributed by atoms with E-state index in [9.17, 15) is 35.7 Å². The fourth-order valence-corrected chi connectivity index (χ4v) is 1.35. The second-order valence-corrected chi connectivity index (χ2v) is 5.39. The Labute approximate surface area is 124 Å². The van der Waals surface area contributed by atoms with Gasteiger partial charge in [0.2, 0.25) is 6.17 Å². The number of hydrogen-bond donors (Lipinski definition) is 1. The van der Waals surface area contributed by atoms with Gasteiger partial charge in [-0.1, -0.05) is 6.58 Å². The molecule has 1 amide bonds. The fourth-order valence-electron chi connectivity index (χ4n) is 0.965. The van der Waals surface area contributed by atoms with Crippen LogP contribution in [-0.2, 0) is 24.4 Å². The van der Waals surface area contributed by atoms with Crippen molar-refractivity contribution < 1.29 is 45.2 Å². The van der Waals surface area contributed by atoms with Crippen LogP contribution in [0.2, 0.25) is 0 Å². The van der Waals surface area contributed by atoms with Crippen molar-refractivity contribution in [3.63, 3.8) is 0 Å². The Kier molecular flexibility index (Phi) is 7.32. The minimum atomic E-state index is -6.23. The second-order valence-electron chi connectivity index (χ2n) is 3.93. The molecule has 0 radical (unpaired) electrons. The quantitative estimate of drug-likeness (QED) is 0.388. The van der Waals surface area contributed by atoms with E-state index in [1.165, 1.54) is 6.92 Å². The van der Waals surface area contributed by atoms with E-state index in [2.05, 4.69) is 16.1 Å². The van der Waals surface area contributed by atoms with Crippen molar-refractivity contribution in [1.82, 2.24) is 5.32 Å². The van der Waals surface area contributed by atoms with Gasteiger partial charge in [0.25, 0.3) is 0 Å². The summed E-state index contributed by atoms with van der Waals surface area (Å²) in [6, 6.07) is 0. The van der Waals surface area contributed by atoms with Crippen molar-refractivity contribution >= 4 is 22.2 Å². The lowest BCUT2D eigenvalue weighted by Crippen LogP contribution is -2.42. The molecular weight excluding hydrogens is 335 g/mol. The van der Waals surface area contributed by atoms with Gasteiger partial charge in [0.15, 0.2) is 10.1 Å². The summed E-state index contributed by atoms with van der Waals surface area (Å²) in [5, 5.41) is -3.32. The Bertz CT molecular complexity index is 535. The Balaban J connectivity index is 4.15. The van der Waals surface area contributed by atoms with Crippen molar-refractivity contribution in [2.75, 3.05) is 13.2 Å². The zero-order chi connectivity index (χ0) is 17.6. The van der Waals surface area contributed by atoms with Gasteiger partial charge in [0.05, 0.1) is 12.2 Å². The number of esters is 1. The molecule has 128 valence electrons. The van der Waals surface area contributed by atoms with Gasteiger partial charge in [0.1, 0.15) is 6.61 Å². The van der Waals surface area contributed by atoms with E-state index in [4.69, 9.17) is 0 Å². The van der Waals surface area contributed by atoms with Crippen molar-refractivity contribution in [2.45, 2.75) is 24.8 Å². The Morgan fingerprint density at radius 3 is 2.41 bits per heavy atom. The Morgan fingerprint density at radius 2 is 1.95 bits per heavy atom. The molecule has 1 unspecified atom stereocenters. The van der Waals surface area contributed by atoms with Crippen LogP contribution < -0.4 is 5.32 Å². The van der Waals surface area contributed by atoms with Crippen LogP contribution in [0.3, 0.4) is 0 Å². The highest BCUT2D eigenvalue weighted by Gasteiger charge is 2.48. The van der Waals surface area contributed by atoms with Crippen LogP contribution in [0.15, 0.2) is 12.3 Å². The van der Waals surface area contributed by atoms with Crippen molar-refractivity contribution in [3.05, 3.63) is 12.3 Å². The molecule has 1 atom stereocenters. The molecule has 0 aromatic rings. The molecule has 8 nitrogen and oxygen atoms in total. The normalized spacial score (nSPS) is 13.1. The van der Waals surface area contributed by atoms with Gasteiger partial charge in [-0.2, -0.15) is 8.78 Å². The maximum atomic E-state index is 12.9. The molecule has 0 spiro atoms. The Morgan fingerprint density at radius 1 is 1.41 bits per heavy atom. The van der Waals surface area contributed by atoms with Gasteiger partial charge in [-0.3, -0.25) is 4.79 Å². The van der Waals surface area contributed by atoms with E-state index in [1.807, 2.05) is 5.32 Å². The first-order chi connectivity index (χ1) is 9.87. The number of halogens is 3. The summed E-state index contributed by atoms with van der Waals surface area (Å²) >= 11 is 0. The minimum Gasteiger partial charge on any atom is -0.743 e. The van der Waals surface area contributed by atoms with Gasteiger partial charge >= 0.3 is 17.3 Å². The predicted octanol–water partition coefficient (Wildman–Crippen LogP) is 0.656. The molecule has 0 aromatic carbocycles. The summed E-state index contributed by atoms with van der Waals surface area (Å²) in [7, 11) is -6.23. The minimum absolute atomic E-state index is 0.119. The van der Waals surface area contributed by atoms with E-state index >= 15 is 0 Å². The molecule has 0 rings (SSSR count). The standard InChI is InChI=1S/C10H14F3NO7S/c1-6(2)21-8(15)3-4-14-9(16)20-5-7(11)10(12,13)22(17,18)19/h7H,1,3-5H2,2H3,(H,14,16)(H,17,18,19)/p-1. The summed E-state index contributed by atoms with van der Waals surface area (Å²) in [4.78, 5) is 22.0. The van der Waals surface area contributed by atoms with Gasteiger partial charge in [-0.05, 0) is 6.92 Å². The molecular formula is C10H13F3NO7S-. The molecule has 0 fully saturated rings. The van der Waals surface area contributed by atoms with E-state index < -0.39 is 40.2 Å². The maximum absolute atomic E-state index is 12.9. The topological polar surface area (TPSA) is 122 Å². The first-order valence-electron chi connectivity index (χ1n) is 5.62. The third-order valence-corrected chi connectivity index (χ3v) is 2.87. The van der Waals surface area contributed by atoms with Crippen LogP contribution in [0.5, 0.6) is 0 Å². The SMILES string of the molecule is C=C(C)OC(=O)CCNC(=O)OCC(F)C(F)(F)S(=O)(=O)[O-]. The highest BCUT2D eigenvalue weighted by molar-refractivity contribution is 7.86. The lowest BCUT2D eigenvalue weighted by Gasteiger charge is -2.22. The van der Waals surface area contributed by atoms with Gasteiger partial charge in [-0.15, -0.1) is 0 Å². The molecule has 1 N–H and O–H groups in total. The Hall–Kier alpha value is -1.82. The molecule has 0 bridgehead atoms. The number of alkyl carbamates (subject to hydrolysis) is 1. The number of carbonyl (C=O) groups excluding carboxylic acids is 2. The number of rotatable bonds is 8. The molecule has 0 saturated carbocycles. The lowest BCUT2D eigenvalue weighted by molar-refractivity contribution is -0.139. The molecule has 22 heavy (non-hydrogen) atoms. The fraction of sp³-hybridized carbons (Fsp3) is 0.600. The average Bonchev–Trinajstić information content (AvgIpc) is 2.33. The first kappa shape index (κ1) is 20.2. The van der Waals surface area contributed by atoms with E-state index in [1.54, 1.807) is 0 Å². The highest BCUT2D eigenvalue weighted by atomic mass is 32.2. The largest absolute Gasteiger partial charge is 0.743 e. The lowest BCUT2D eigenvalue weighted by atomic mass is 10.4. The molecule has 0 aliphatic carbocycles. The van der Waals surface area contributed by atoms with Crippen LogP contribution in [0, 0.1) is 0 Å². The second kappa shape index (κ2) is 7.98. The van der Waals surface area contributed by atoms with E-state index in [0.29, 0.717) is 0 Å². The number of carbonyl (C=O) groups is 2. The van der Waals surface area contributed by atoms with Crippen LogP contribution >= 0.6 is 0 Å². The summed E-state index contributed by atoms with van der Waals surface area (Å²) in [6.07, 6.45) is -5.20. The third-order valence-electron chi connectivity index (χ3n) is 1.95. The smallest absolute Gasteiger partial charge is 0.407 e. The highest BCUT2D eigenvalue weighted by Crippen LogP contribution is 2.27. The molecule has 12 heteroatoms. The molecule has 0 saturated heterocycles. The number of alkyl halides is 3. The summed E-state index contributed by atoms with van der Waals surface area (Å²) in [5.74, 6) is -0.617. The van der Waals surface area contributed by atoms with Gasteiger partial charge < -0.3 is 19.3 Å². The zero-order valence-electron chi connectivity index (χ0n) is 11.3. The van der Waals surface area contributed by atoms with E-state index in [-0.39, 0.29) is 18.7 Å². The van der Waals surface area contributed by atoms with Crippen molar-refractivity contribution in [2.24, 2.45) is 0 Å². The number of nitrogens with one attached hydrogen (secondary N) is 1. The number of amides is 1. The molecule has 0 aliphatic rings. The first-order valence-corrected chi connectivity index (χ1v) is 7.03. The molecule has 0 aliphatic heterocycles. The maximum Gasteiger partial charge on any atom is 0.407 e. The van der Waals surface area contributed by atoms with Gasteiger partial charge in [0, 0.05) is 6.54 Å². The monoisotopic (exact) mass is 348 g/mol. The number of ether oxygens (including phenoxy) is 2. The van der Waals surface area contributed by atoms with Crippen LogP contribution in [0.4, 0.5) is 18.0 Å². The van der Waals surface area contributed by atoms with Crippen molar-refractivity contribution in [3.8, 4) is 0 Å². The molecule has 0 aromatic heterocycles. The number of hydrogen-bond acceptors (Lipinski definition) is 7. The zero-order valence-corrected chi connectivity index (χ0v) is 12.1. The summed E-state index contributed by atoms with van der Waals surface area (Å²) in [6.45, 7) is 2.73. The average molecular weight is 348 g/mol. The predicted molar refractivity (Wildman–Crippen MR) is 64.4 cm³/mol. The van der Waals surface area contributed by atoms with E-state index in [0.717, 1.165) is 0 Å². The van der Waals surface area contributed by atoms with Crippen LogP contribution in [0.25, 0.3) is 0 Å².